The number of nitrogens with zero attached hydrogens (tertiary/aromatic N) is 3. The predicted molar refractivity (Wildman–Crippen MR) is 175 cm³/mol. The molecule has 1 saturated heterocycles. The maximum absolute atomic E-state index is 13.2. The van der Waals surface area contributed by atoms with Crippen molar-refractivity contribution in [3.8, 4) is 16.9 Å². The summed E-state index contributed by atoms with van der Waals surface area (Å²) in [6.45, 7) is 5.88. The van der Waals surface area contributed by atoms with Crippen molar-refractivity contribution < 1.29 is 14.3 Å². The lowest BCUT2D eigenvalue weighted by molar-refractivity contribution is -0.127. The van der Waals surface area contributed by atoms with Crippen LogP contribution < -0.4 is 21.1 Å². The van der Waals surface area contributed by atoms with Gasteiger partial charge in [0.05, 0.1) is 19.3 Å². The number of thiophene rings is 1. The predicted octanol–water partition coefficient (Wildman–Crippen LogP) is 5.52. The lowest BCUT2D eigenvalue weighted by Crippen LogP contribution is -2.59. The number of carbonyl (C=O) groups is 2. The van der Waals surface area contributed by atoms with Crippen LogP contribution in [0.25, 0.3) is 38.2 Å². The highest BCUT2D eigenvalue weighted by atomic mass is 32.1. The Morgan fingerprint density at radius 1 is 1.23 bits per heavy atom. The number of aryl methyl sites for hydroxylation is 1. The number of nitrogens with two attached hydrogens (primary N) is 1. The molecule has 0 atom stereocenters. The van der Waals surface area contributed by atoms with Gasteiger partial charge in [0.1, 0.15) is 17.3 Å². The quantitative estimate of drug-likeness (QED) is 0.229. The van der Waals surface area contributed by atoms with Crippen LogP contribution in [0.2, 0.25) is 0 Å². The Morgan fingerprint density at radius 2 is 2.05 bits per heavy atom. The number of fused-ring (bicyclic) bond motifs is 2. The van der Waals surface area contributed by atoms with Crippen LogP contribution in [-0.4, -0.2) is 58.5 Å². The molecule has 0 radical (unpaired) electrons. The first-order valence-corrected chi connectivity index (χ1v) is 14.9. The van der Waals surface area contributed by atoms with Crippen LogP contribution in [0.4, 0.5) is 11.5 Å². The highest BCUT2D eigenvalue weighted by Gasteiger charge is 2.29. The fraction of sp³-hybridized carbons (Fsp3) is 0.242. The molecule has 2 amide bonds. The number of ether oxygens (including phenoxy) is 1. The standard InChI is InChI=1S/C33H34N6O3S/c1-33(2)19-39(17-28(40)37-33)13-7-9-22-16-35-31(34)29-23(18-43-30(22)29)20-11-12-24(27(15-20)42-4)36-32(41)26-14-21-8-5-6-10-25(21)38(26)3/h5-12,14-16,18H,13,17,19H2,1-4H3,(H2,34,35)(H,36,41)(H,37,40)/b9-7+. The van der Waals surface area contributed by atoms with Crippen molar-refractivity contribution in [3.63, 3.8) is 0 Å². The summed E-state index contributed by atoms with van der Waals surface area (Å²) in [5, 5.41) is 9.98. The molecule has 0 bridgehead atoms. The van der Waals surface area contributed by atoms with Crippen LogP contribution in [0.5, 0.6) is 5.75 Å². The number of pyridine rings is 1. The Bertz CT molecular complexity index is 1900. The Balaban J connectivity index is 1.25. The van der Waals surface area contributed by atoms with Crippen LogP contribution in [0.1, 0.15) is 29.9 Å². The molecule has 43 heavy (non-hydrogen) atoms. The van der Waals surface area contributed by atoms with Gasteiger partial charge in [0.25, 0.3) is 5.91 Å². The first-order valence-electron chi connectivity index (χ1n) is 14.0. The van der Waals surface area contributed by atoms with Gasteiger partial charge >= 0.3 is 0 Å². The first kappa shape index (κ1) is 28.4. The van der Waals surface area contributed by atoms with E-state index in [1.807, 2.05) is 80.1 Å². The van der Waals surface area contributed by atoms with E-state index in [9.17, 15) is 9.59 Å². The zero-order chi connectivity index (χ0) is 30.3. The second-order valence-electron chi connectivity index (χ2n) is 11.5. The second-order valence-corrected chi connectivity index (χ2v) is 12.4. The number of methoxy groups -OCH3 is 1. The minimum atomic E-state index is -0.253. The number of amides is 2. The average Bonchev–Trinajstić information content (AvgIpc) is 3.56. The van der Waals surface area contributed by atoms with Crippen molar-refractivity contribution >= 4 is 61.7 Å². The lowest BCUT2D eigenvalue weighted by atomic mass is 10.0. The van der Waals surface area contributed by atoms with E-state index >= 15 is 0 Å². The summed E-state index contributed by atoms with van der Waals surface area (Å²) in [7, 11) is 3.47. The molecule has 3 aromatic heterocycles. The number of nitrogen functional groups attached to an aromatic ring is 1. The number of hydrogen-bond donors (Lipinski definition) is 3. The van der Waals surface area contributed by atoms with E-state index in [1.54, 1.807) is 24.6 Å². The third kappa shape index (κ3) is 5.59. The molecule has 1 fully saturated rings. The third-order valence-electron chi connectivity index (χ3n) is 7.72. The second kappa shape index (κ2) is 11.2. The van der Waals surface area contributed by atoms with Crippen LogP contribution in [0, 0.1) is 0 Å². The molecule has 4 heterocycles. The maximum Gasteiger partial charge on any atom is 0.272 e. The molecule has 1 aliphatic rings. The molecule has 2 aromatic carbocycles. The van der Waals surface area contributed by atoms with E-state index in [0.29, 0.717) is 36.0 Å². The molecule has 0 aliphatic carbocycles. The molecule has 6 rings (SSSR count). The van der Waals surface area contributed by atoms with Crippen LogP contribution >= 0.6 is 11.3 Å². The minimum Gasteiger partial charge on any atom is -0.495 e. The molecule has 4 N–H and O–H groups in total. The number of nitrogens with one attached hydrogen (secondary N) is 2. The summed E-state index contributed by atoms with van der Waals surface area (Å²) in [5.41, 5.74) is 11.1. The van der Waals surface area contributed by atoms with Gasteiger partial charge in [0.2, 0.25) is 5.91 Å². The van der Waals surface area contributed by atoms with Gasteiger partial charge in [-0.15, -0.1) is 11.3 Å². The number of rotatable bonds is 7. The summed E-state index contributed by atoms with van der Waals surface area (Å²) in [4.78, 5) is 31.9. The maximum atomic E-state index is 13.2. The monoisotopic (exact) mass is 594 g/mol. The summed E-state index contributed by atoms with van der Waals surface area (Å²) < 4.78 is 8.61. The molecule has 0 saturated carbocycles. The minimum absolute atomic E-state index is 0.0404. The Kier molecular flexibility index (Phi) is 7.41. The van der Waals surface area contributed by atoms with Gasteiger partial charge in [-0.25, -0.2) is 4.98 Å². The van der Waals surface area contributed by atoms with Gasteiger partial charge in [-0.2, -0.15) is 0 Å². The van der Waals surface area contributed by atoms with Crippen molar-refractivity contribution in [1.29, 1.82) is 0 Å². The van der Waals surface area contributed by atoms with Gasteiger partial charge in [0.15, 0.2) is 0 Å². The molecule has 0 spiro atoms. The van der Waals surface area contributed by atoms with Crippen LogP contribution in [0.15, 0.2) is 66.2 Å². The number of carbonyl (C=O) groups excluding carboxylic acids is 2. The van der Waals surface area contributed by atoms with Crippen molar-refractivity contribution in [2.45, 2.75) is 19.4 Å². The van der Waals surface area contributed by atoms with Gasteiger partial charge in [0, 0.05) is 64.0 Å². The SMILES string of the molecule is COc1cc(-c2csc3c(/C=C/CN4CC(=O)NC(C)(C)C4)cnc(N)c23)ccc1NC(=O)c1cc2ccccc2n1C. The smallest absolute Gasteiger partial charge is 0.272 e. The van der Waals surface area contributed by atoms with E-state index < -0.39 is 0 Å². The molecule has 220 valence electrons. The fourth-order valence-electron chi connectivity index (χ4n) is 5.81. The molecular formula is C33H34N6O3S. The number of piperazine rings is 1. The van der Waals surface area contributed by atoms with E-state index in [4.69, 9.17) is 10.5 Å². The van der Waals surface area contributed by atoms with Gasteiger partial charge in [-0.05, 0) is 49.1 Å². The van der Waals surface area contributed by atoms with E-state index in [-0.39, 0.29) is 17.4 Å². The molecule has 9 nitrogen and oxygen atoms in total. The topological polar surface area (TPSA) is 115 Å². The zero-order valence-electron chi connectivity index (χ0n) is 24.6. The summed E-state index contributed by atoms with van der Waals surface area (Å²) in [6, 6.07) is 15.5. The highest BCUT2D eigenvalue weighted by molar-refractivity contribution is 7.18. The average molecular weight is 595 g/mol. The van der Waals surface area contributed by atoms with E-state index in [2.05, 4.69) is 32.0 Å². The number of hydrogen-bond acceptors (Lipinski definition) is 7. The van der Waals surface area contributed by atoms with E-state index in [0.717, 1.165) is 44.2 Å². The Morgan fingerprint density at radius 3 is 2.81 bits per heavy atom. The largest absolute Gasteiger partial charge is 0.495 e. The number of aromatic nitrogens is 2. The van der Waals surface area contributed by atoms with Crippen LogP contribution in [0.3, 0.4) is 0 Å². The van der Waals surface area contributed by atoms with Gasteiger partial charge < -0.3 is 25.7 Å². The molecule has 10 heteroatoms. The molecular weight excluding hydrogens is 560 g/mol. The van der Waals surface area contributed by atoms with Crippen molar-refractivity contribution in [3.05, 3.63) is 77.4 Å². The third-order valence-corrected chi connectivity index (χ3v) is 8.75. The van der Waals surface area contributed by atoms with Crippen molar-refractivity contribution in [1.82, 2.24) is 19.8 Å². The normalized spacial score (nSPS) is 15.3. The Hall–Kier alpha value is -4.67. The first-order chi connectivity index (χ1) is 20.6. The zero-order valence-corrected chi connectivity index (χ0v) is 25.4. The van der Waals surface area contributed by atoms with Gasteiger partial charge in [-0.1, -0.05) is 36.4 Å². The molecule has 5 aromatic rings. The highest BCUT2D eigenvalue weighted by Crippen LogP contribution is 2.41. The molecule has 1 aliphatic heterocycles. The fourth-order valence-corrected chi connectivity index (χ4v) is 6.88. The van der Waals surface area contributed by atoms with Crippen LogP contribution in [-0.2, 0) is 11.8 Å². The lowest BCUT2D eigenvalue weighted by Gasteiger charge is -2.37. The summed E-state index contributed by atoms with van der Waals surface area (Å²) >= 11 is 1.60. The van der Waals surface area contributed by atoms with Crippen molar-refractivity contribution in [2.75, 3.05) is 37.8 Å². The van der Waals surface area contributed by atoms with Gasteiger partial charge in [-0.3, -0.25) is 14.5 Å². The number of benzene rings is 2. The number of anilines is 2. The Labute approximate surface area is 254 Å². The van der Waals surface area contributed by atoms with Crippen molar-refractivity contribution in [2.24, 2.45) is 7.05 Å². The van der Waals surface area contributed by atoms with E-state index in [1.165, 1.54) is 0 Å². The summed E-state index contributed by atoms with van der Waals surface area (Å²) in [5.74, 6) is 0.813. The molecule has 0 unspecified atom stereocenters. The number of para-hydroxylation sites is 1. The summed E-state index contributed by atoms with van der Waals surface area (Å²) in [6.07, 6.45) is 5.89.